The van der Waals surface area contributed by atoms with Crippen molar-refractivity contribution in [3.63, 3.8) is 0 Å². The molecule has 0 radical (unpaired) electrons. The van der Waals surface area contributed by atoms with E-state index >= 15 is 0 Å². The highest BCUT2D eigenvalue weighted by molar-refractivity contribution is 6.31. The van der Waals surface area contributed by atoms with Gasteiger partial charge in [0.2, 0.25) is 5.91 Å². The zero-order valence-electron chi connectivity index (χ0n) is 13.1. The molecule has 1 aliphatic rings. The Balaban J connectivity index is 1.77. The van der Waals surface area contributed by atoms with Crippen LogP contribution in [-0.4, -0.2) is 15.7 Å². The molecule has 1 N–H and O–H groups in total. The SMILES string of the molecule is Cc1nn(C)c(C)c1CNC(=O)C1(c2ccccc2Cl)CC1. The molecule has 0 saturated heterocycles. The monoisotopic (exact) mass is 317 g/mol. The lowest BCUT2D eigenvalue weighted by Crippen LogP contribution is -2.34. The Morgan fingerprint density at radius 1 is 1.36 bits per heavy atom. The van der Waals surface area contributed by atoms with Gasteiger partial charge in [0.05, 0.1) is 11.1 Å². The minimum atomic E-state index is -0.442. The first-order valence-corrected chi connectivity index (χ1v) is 7.86. The second-order valence-electron chi connectivity index (χ2n) is 6.02. The Morgan fingerprint density at radius 3 is 2.59 bits per heavy atom. The van der Waals surface area contributed by atoms with Gasteiger partial charge in [-0.1, -0.05) is 29.8 Å². The van der Waals surface area contributed by atoms with E-state index in [1.165, 1.54) is 0 Å². The number of nitrogens with zero attached hydrogens (tertiary/aromatic N) is 2. The van der Waals surface area contributed by atoms with Gasteiger partial charge < -0.3 is 5.32 Å². The van der Waals surface area contributed by atoms with E-state index < -0.39 is 5.41 Å². The number of aryl methyl sites for hydroxylation is 2. The van der Waals surface area contributed by atoms with Gasteiger partial charge in [-0.3, -0.25) is 9.48 Å². The molecule has 0 atom stereocenters. The first-order valence-electron chi connectivity index (χ1n) is 7.48. The van der Waals surface area contributed by atoms with Gasteiger partial charge in [-0.25, -0.2) is 0 Å². The van der Waals surface area contributed by atoms with Crippen molar-refractivity contribution >= 4 is 17.5 Å². The van der Waals surface area contributed by atoms with Crippen molar-refractivity contribution in [2.75, 3.05) is 0 Å². The summed E-state index contributed by atoms with van der Waals surface area (Å²) in [5.41, 5.74) is 3.63. The molecule has 1 aromatic carbocycles. The maximum atomic E-state index is 12.7. The number of carbonyl (C=O) groups excluding carboxylic acids is 1. The Morgan fingerprint density at radius 2 is 2.05 bits per heavy atom. The summed E-state index contributed by atoms with van der Waals surface area (Å²) in [5, 5.41) is 8.12. The van der Waals surface area contributed by atoms with Crippen LogP contribution in [0.1, 0.15) is 35.4 Å². The number of nitrogens with one attached hydrogen (secondary N) is 1. The van der Waals surface area contributed by atoms with E-state index in [4.69, 9.17) is 11.6 Å². The minimum Gasteiger partial charge on any atom is -0.351 e. The fourth-order valence-corrected chi connectivity index (χ4v) is 3.32. The smallest absolute Gasteiger partial charge is 0.230 e. The normalized spacial score (nSPS) is 15.6. The van der Waals surface area contributed by atoms with Crippen LogP contribution in [0.4, 0.5) is 0 Å². The third kappa shape index (κ3) is 2.41. The molecule has 1 aliphatic carbocycles. The van der Waals surface area contributed by atoms with E-state index in [2.05, 4.69) is 10.4 Å². The molecule has 1 heterocycles. The number of benzene rings is 1. The summed E-state index contributed by atoms with van der Waals surface area (Å²) in [7, 11) is 1.92. The van der Waals surface area contributed by atoms with Crippen molar-refractivity contribution in [1.29, 1.82) is 0 Å². The van der Waals surface area contributed by atoms with Crippen molar-refractivity contribution in [2.45, 2.75) is 38.6 Å². The first kappa shape index (κ1) is 15.1. The first-order chi connectivity index (χ1) is 10.5. The van der Waals surface area contributed by atoms with Gasteiger partial charge in [-0.2, -0.15) is 5.10 Å². The zero-order valence-corrected chi connectivity index (χ0v) is 13.9. The molecule has 22 heavy (non-hydrogen) atoms. The molecule has 2 aromatic rings. The summed E-state index contributed by atoms with van der Waals surface area (Å²) in [5.74, 6) is 0.0586. The number of hydrogen-bond donors (Lipinski definition) is 1. The van der Waals surface area contributed by atoms with Gasteiger partial charge in [0, 0.05) is 29.9 Å². The van der Waals surface area contributed by atoms with Gasteiger partial charge in [-0.05, 0) is 38.3 Å². The van der Waals surface area contributed by atoms with Crippen molar-refractivity contribution < 1.29 is 4.79 Å². The molecule has 3 rings (SSSR count). The van der Waals surface area contributed by atoms with Crippen LogP contribution < -0.4 is 5.32 Å². The van der Waals surface area contributed by atoms with Crippen LogP contribution in [0.5, 0.6) is 0 Å². The van der Waals surface area contributed by atoms with E-state index in [0.29, 0.717) is 11.6 Å². The molecule has 1 fully saturated rings. The zero-order chi connectivity index (χ0) is 15.9. The van der Waals surface area contributed by atoms with Gasteiger partial charge in [-0.15, -0.1) is 0 Å². The molecule has 1 aromatic heterocycles. The highest BCUT2D eigenvalue weighted by Gasteiger charge is 2.52. The van der Waals surface area contributed by atoms with Gasteiger partial charge in [0.15, 0.2) is 0 Å². The van der Waals surface area contributed by atoms with Gasteiger partial charge >= 0.3 is 0 Å². The molecule has 0 aliphatic heterocycles. The van der Waals surface area contributed by atoms with Crippen molar-refractivity contribution in [3.05, 3.63) is 51.8 Å². The number of halogens is 1. The molecule has 4 nitrogen and oxygen atoms in total. The predicted molar refractivity (Wildman–Crippen MR) is 86.9 cm³/mol. The molecular weight excluding hydrogens is 298 g/mol. The average molecular weight is 318 g/mol. The van der Waals surface area contributed by atoms with Crippen molar-refractivity contribution in [1.82, 2.24) is 15.1 Å². The number of rotatable bonds is 4. The van der Waals surface area contributed by atoms with Crippen LogP contribution in [0.2, 0.25) is 5.02 Å². The number of hydrogen-bond acceptors (Lipinski definition) is 2. The molecule has 5 heteroatoms. The van der Waals surface area contributed by atoms with Gasteiger partial charge in [0.1, 0.15) is 0 Å². The summed E-state index contributed by atoms with van der Waals surface area (Å²) < 4.78 is 1.85. The van der Waals surface area contributed by atoms with E-state index in [1.54, 1.807) is 0 Å². The lowest BCUT2D eigenvalue weighted by Gasteiger charge is -2.17. The fraction of sp³-hybridized carbons (Fsp3) is 0.412. The third-order valence-electron chi connectivity index (χ3n) is 4.66. The largest absolute Gasteiger partial charge is 0.351 e. The minimum absolute atomic E-state index is 0.0586. The Hall–Kier alpha value is -1.81. The predicted octanol–water partition coefficient (Wildman–Crippen LogP) is 3.04. The molecule has 0 bridgehead atoms. The van der Waals surface area contributed by atoms with Crippen LogP contribution >= 0.6 is 11.6 Å². The number of amides is 1. The third-order valence-corrected chi connectivity index (χ3v) is 4.99. The number of aromatic nitrogens is 2. The van der Waals surface area contributed by atoms with Crippen molar-refractivity contribution in [2.24, 2.45) is 7.05 Å². The summed E-state index contributed by atoms with van der Waals surface area (Å²) in [6.45, 7) is 4.49. The summed E-state index contributed by atoms with van der Waals surface area (Å²) in [4.78, 5) is 12.7. The summed E-state index contributed by atoms with van der Waals surface area (Å²) in [6.07, 6.45) is 1.71. The van der Waals surface area contributed by atoms with Crippen LogP contribution in [0.15, 0.2) is 24.3 Å². The molecule has 116 valence electrons. The van der Waals surface area contributed by atoms with Crippen molar-refractivity contribution in [3.8, 4) is 0 Å². The Kier molecular flexibility index (Phi) is 3.73. The average Bonchev–Trinajstić information content (AvgIpc) is 3.24. The highest BCUT2D eigenvalue weighted by atomic mass is 35.5. The number of carbonyl (C=O) groups is 1. The van der Waals surface area contributed by atoms with Crippen LogP contribution in [0.3, 0.4) is 0 Å². The van der Waals surface area contributed by atoms with E-state index in [-0.39, 0.29) is 5.91 Å². The Bertz CT molecular complexity index is 732. The molecular formula is C17H20ClN3O. The molecule has 0 spiro atoms. The molecule has 1 saturated carbocycles. The topological polar surface area (TPSA) is 46.9 Å². The Labute approximate surface area is 135 Å². The molecule has 0 unspecified atom stereocenters. The lowest BCUT2D eigenvalue weighted by molar-refractivity contribution is -0.123. The van der Waals surface area contributed by atoms with Gasteiger partial charge in [0.25, 0.3) is 0 Å². The standard InChI is InChI=1S/C17H20ClN3O/c1-11-13(12(2)21(3)20-11)10-19-16(22)17(8-9-17)14-6-4-5-7-15(14)18/h4-7H,8-10H2,1-3H3,(H,19,22). The summed E-state index contributed by atoms with van der Waals surface area (Å²) >= 11 is 6.27. The van der Waals surface area contributed by atoms with E-state index in [1.807, 2.05) is 49.8 Å². The van der Waals surface area contributed by atoms with Crippen LogP contribution in [0.25, 0.3) is 0 Å². The van der Waals surface area contributed by atoms with Crippen LogP contribution in [-0.2, 0) is 23.8 Å². The second-order valence-corrected chi connectivity index (χ2v) is 6.42. The second kappa shape index (κ2) is 5.43. The van der Waals surface area contributed by atoms with E-state index in [0.717, 1.165) is 35.4 Å². The highest BCUT2D eigenvalue weighted by Crippen LogP contribution is 2.50. The van der Waals surface area contributed by atoms with E-state index in [9.17, 15) is 4.79 Å². The fourth-order valence-electron chi connectivity index (χ4n) is 3.00. The lowest BCUT2D eigenvalue weighted by atomic mass is 9.95. The maximum absolute atomic E-state index is 12.7. The molecule has 1 amide bonds. The van der Waals surface area contributed by atoms with Crippen LogP contribution in [0, 0.1) is 13.8 Å². The quantitative estimate of drug-likeness (QED) is 0.942. The summed E-state index contributed by atoms with van der Waals surface area (Å²) in [6, 6.07) is 7.63. The maximum Gasteiger partial charge on any atom is 0.230 e.